The summed E-state index contributed by atoms with van der Waals surface area (Å²) in [4.78, 5) is 4.80. The van der Waals surface area contributed by atoms with Crippen LogP contribution in [0, 0.1) is 0 Å². The van der Waals surface area contributed by atoms with E-state index in [4.69, 9.17) is 21.4 Å². The lowest BCUT2D eigenvalue weighted by Gasteiger charge is -2.40. The topological polar surface area (TPSA) is 40.9 Å². The highest BCUT2D eigenvalue weighted by molar-refractivity contribution is 7.80. The van der Waals surface area contributed by atoms with Gasteiger partial charge in [-0.3, -0.25) is 0 Å². The minimum atomic E-state index is 0.406. The number of ether oxygens (including phenoxy) is 1. The number of nitrogens with one attached hydrogen (secondary N) is 1. The Labute approximate surface area is 167 Å². The maximum atomic E-state index is 5.78. The standard InChI is InChI=1S/C21H29N3O2S/c1-16(2)23-12-10-18(11-13-23)24(15-20-5-4-14-26-20)21(27)22-17-6-8-19(25-3)9-7-17/h4-9,14,16,18H,10-13,15H2,1-3H3,(H,22,27). The quantitative estimate of drug-likeness (QED) is 0.743. The molecule has 0 spiro atoms. The van der Waals surface area contributed by atoms with E-state index in [2.05, 4.69) is 29.0 Å². The van der Waals surface area contributed by atoms with Gasteiger partial charge in [0.15, 0.2) is 5.11 Å². The summed E-state index contributed by atoms with van der Waals surface area (Å²) in [6, 6.07) is 12.8. The first-order valence-corrected chi connectivity index (χ1v) is 9.95. The van der Waals surface area contributed by atoms with E-state index in [0.29, 0.717) is 18.6 Å². The van der Waals surface area contributed by atoms with Crippen molar-refractivity contribution in [3.8, 4) is 5.75 Å². The van der Waals surface area contributed by atoms with Gasteiger partial charge in [0.05, 0.1) is 19.9 Å². The number of likely N-dealkylation sites (tertiary alicyclic amines) is 1. The number of rotatable bonds is 6. The Hall–Kier alpha value is -2.05. The van der Waals surface area contributed by atoms with Crippen molar-refractivity contribution in [2.24, 2.45) is 0 Å². The highest BCUT2D eigenvalue weighted by Crippen LogP contribution is 2.23. The first-order chi connectivity index (χ1) is 13.1. The molecule has 0 radical (unpaired) electrons. The molecule has 1 aromatic heterocycles. The molecular weight excluding hydrogens is 358 g/mol. The second-order valence-electron chi connectivity index (χ2n) is 7.23. The fourth-order valence-corrected chi connectivity index (χ4v) is 3.85. The SMILES string of the molecule is COc1ccc(NC(=S)N(Cc2ccco2)C2CCN(C(C)C)CC2)cc1. The van der Waals surface area contributed by atoms with Crippen molar-refractivity contribution >= 4 is 23.0 Å². The van der Waals surface area contributed by atoms with Gasteiger partial charge in [0, 0.05) is 30.9 Å². The Morgan fingerprint density at radius 2 is 1.96 bits per heavy atom. The summed E-state index contributed by atoms with van der Waals surface area (Å²) in [5.41, 5.74) is 0.963. The van der Waals surface area contributed by atoms with Crippen LogP contribution in [0.4, 0.5) is 5.69 Å². The van der Waals surface area contributed by atoms with Gasteiger partial charge in [-0.25, -0.2) is 0 Å². The minimum absolute atomic E-state index is 0.406. The number of furan rings is 1. The zero-order valence-corrected chi connectivity index (χ0v) is 17.2. The fraction of sp³-hybridized carbons (Fsp3) is 0.476. The summed E-state index contributed by atoms with van der Waals surface area (Å²) >= 11 is 5.78. The maximum Gasteiger partial charge on any atom is 0.174 e. The number of nitrogens with zero attached hydrogens (tertiary/aromatic N) is 2. The highest BCUT2D eigenvalue weighted by Gasteiger charge is 2.28. The first kappa shape index (κ1) is 19.7. The van der Waals surface area contributed by atoms with E-state index in [-0.39, 0.29) is 0 Å². The van der Waals surface area contributed by atoms with Crippen LogP contribution in [-0.4, -0.2) is 47.2 Å². The summed E-state index contributed by atoms with van der Waals surface area (Å²) in [5, 5.41) is 4.12. The summed E-state index contributed by atoms with van der Waals surface area (Å²) in [6.07, 6.45) is 3.92. The molecule has 6 heteroatoms. The summed E-state index contributed by atoms with van der Waals surface area (Å²) < 4.78 is 10.8. The van der Waals surface area contributed by atoms with Crippen LogP contribution in [0.2, 0.25) is 0 Å². The number of benzene rings is 1. The first-order valence-electron chi connectivity index (χ1n) is 9.55. The predicted octanol–water partition coefficient (Wildman–Crippen LogP) is 4.36. The van der Waals surface area contributed by atoms with E-state index in [1.807, 2.05) is 36.4 Å². The fourth-order valence-electron chi connectivity index (χ4n) is 3.52. The molecule has 5 nitrogen and oxygen atoms in total. The zero-order valence-electron chi connectivity index (χ0n) is 16.4. The lowest BCUT2D eigenvalue weighted by Crippen LogP contribution is -2.49. The van der Waals surface area contributed by atoms with Gasteiger partial charge in [-0.05, 0) is 75.3 Å². The number of anilines is 1. The summed E-state index contributed by atoms with van der Waals surface area (Å²) in [6.45, 7) is 7.40. The number of methoxy groups -OCH3 is 1. The van der Waals surface area contributed by atoms with Gasteiger partial charge in [-0.1, -0.05) is 0 Å². The molecule has 27 heavy (non-hydrogen) atoms. The van der Waals surface area contributed by atoms with Crippen molar-refractivity contribution < 1.29 is 9.15 Å². The Balaban J connectivity index is 1.69. The van der Waals surface area contributed by atoms with Crippen LogP contribution in [0.15, 0.2) is 47.1 Å². The number of hydrogen-bond acceptors (Lipinski definition) is 4. The highest BCUT2D eigenvalue weighted by atomic mass is 32.1. The van der Waals surface area contributed by atoms with Crippen LogP contribution >= 0.6 is 12.2 Å². The smallest absolute Gasteiger partial charge is 0.174 e. The molecule has 0 saturated carbocycles. The number of hydrogen-bond donors (Lipinski definition) is 1. The monoisotopic (exact) mass is 387 g/mol. The Morgan fingerprint density at radius 3 is 2.52 bits per heavy atom. The summed E-state index contributed by atoms with van der Waals surface area (Å²) in [5.74, 6) is 1.76. The van der Waals surface area contributed by atoms with Crippen LogP contribution in [0.5, 0.6) is 5.75 Å². The normalized spacial score (nSPS) is 15.7. The molecule has 1 aliphatic rings. The summed E-state index contributed by atoms with van der Waals surface area (Å²) in [7, 11) is 1.67. The number of thiocarbonyl (C=S) groups is 1. The van der Waals surface area contributed by atoms with E-state index in [1.54, 1.807) is 13.4 Å². The molecule has 0 amide bonds. The van der Waals surface area contributed by atoms with E-state index >= 15 is 0 Å². The molecule has 1 aromatic carbocycles. The molecule has 1 fully saturated rings. The van der Waals surface area contributed by atoms with E-state index in [1.165, 1.54) is 0 Å². The minimum Gasteiger partial charge on any atom is -0.497 e. The lowest BCUT2D eigenvalue weighted by atomic mass is 10.0. The van der Waals surface area contributed by atoms with Crippen molar-refractivity contribution in [1.29, 1.82) is 0 Å². The average molecular weight is 388 g/mol. The Bertz CT molecular complexity index is 708. The van der Waals surface area contributed by atoms with Crippen LogP contribution in [0.1, 0.15) is 32.4 Å². The maximum absolute atomic E-state index is 5.78. The average Bonchev–Trinajstić information content (AvgIpc) is 3.20. The van der Waals surface area contributed by atoms with Crippen molar-refractivity contribution in [3.63, 3.8) is 0 Å². The van der Waals surface area contributed by atoms with Gasteiger partial charge < -0.3 is 24.3 Å². The largest absolute Gasteiger partial charge is 0.497 e. The van der Waals surface area contributed by atoms with Gasteiger partial charge in [0.2, 0.25) is 0 Å². The molecule has 2 aromatic rings. The van der Waals surface area contributed by atoms with Gasteiger partial charge in [-0.15, -0.1) is 0 Å². The van der Waals surface area contributed by atoms with Crippen molar-refractivity contribution in [1.82, 2.24) is 9.80 Å². The molecule has 0 unspecified atom stereocenters. The lowest BCUT2D eigenvalue weighted by molar-refractivity contribution is 0.123. The van der Waals surface area contributed by atoms with Crippen LogP contribution in [0.3, 0.4) is 0 Å². The number of piperidine rings is 1. The van der Waals surface area contributed by atoms with E-state index < -0.39 is 0 Å². The third kappa shape index (κ3) is 5.23. The molecule has 146 valence electrons. The van der Waals surface area contributed by atoms with Gasteiger partial charge in [-0.2, -0.15) is 0 Å². The van der Waals surface area contributed by atoms with Crippen molar-refractivity contribution in [2.75, 3.05) is 25.5 Å². The van der Waals surface area contributed by atoms with Crippen LogP contribution in [-0.2, 0) is 6.54 Å². The molecule has 0 aliphatic carbocycles. The molecule has 1 aliphatic heterocycles. The molecule has 0 bridgehead atoms. The molecule has 3 rings (SSSR count). The van der Waals surface area contributed by atoms with Crippen LogP contribution in [0.25, 0.3) is 0 Å². The molecular formula is C21H29N3O2S. The zero-order chi connectivity index (χ0) is 19.2. The van der Waals surface area contributed by atoms with E-state index in [0.717, 1.165) is 48.2 Å². The van der Waals surface area contributed by atoms with Crippen molar-refractivity contribution in [2.45, 2.75) is 45.3 Å². The second kappa shape index (κ2) is 9.24. The third-order valence-corrected chi connectivity index (χ3v) is 5.52. The van der Waals surface area contributed by atoms with Crippen molar-refractivity contribution in [3.05, 3.63) is 48.4 Å². The van der Waals surface area contributed by atoms with Crippen LogP contribution < -0.4 is 10.1 Å². The van der Waals surface area contributed by atoms with Gasteiger partial charge >= 0.3 is 0 Å². The molecule has 1 saturated heterocycles. The molecule has 1 N–H and O–H groups in total. The Morgan fingerprint density at radius 1 is 1.26 bits per heavy atom. The van der Waals surface area contributed by atoms with Gasteiger partial charge in [0.1, 0.15) is 11.5 Å². The second-order valence-corrected chi connectivity index (χ2v) is 7.61. The predicted molar refractivity (Wildman–Crippen MR) is 113 cm³/mol. The van der Waals surface area contributed by atoms with Gasteiger partial charge in [0.25, 0.3) is 0 Å². The van der Waals surface area contributed by atoms with E-state index in [9.17, 15) is 0 Å². The molecule has 2 heterocycles. The Kier molecular flexibility index (Phi) is 6.74. The molecule has 0 atom stereocenters. The third-order valence-electron chi connectivity index (χ3n) is 5.18.